The molecular formula is C22H21ClN2O5. The number of aromatic nitrogens is 1. The molecule has 1 atom stereocenters. The van der Waals surface area contributed by atoms with Gasteiger partial charge in [0.15, 0.2) is 0 Å². The first-order chi connectivity index (χ1) is 14.3. The maximum absolute atomic E-state index is 13.2. The molecule has 1 aromatic heterocycles. The second-order valence-corrected chi connectivity index (χ2v) is 8.21. The van der Waals surface area contributed by atoms with Crippen LogP contribution in [0.3, 0.4) is 0 Å². The summed E-state index contributed by atoms with van der Waals surface area (Å²) in [7, 11) is 0. The Morgan fingerprint density at radius 2 is 1.70 bits per heavy atom. The maximum atomic E-state index is 13.2. The zero-order valence-electron chi connectivity index (χ0n) is 16.3. The largest absolute Gasteiger partial charge is 0.509 e. The topological polar surface area (TPSA) is 109 Å². The van der Waals surface area contributed by atoms with Crippen molar-refractivity contribution in [3.05, 3.63) is 58.4 Å². The first-order valence-electron chi connectivity index (χ1n) is 9.76. The molecular weight excluding hydrogens is 408 g/mol. The van der Waals surface area contributed by atoms with Crippen molar-refractivity contribution in [3.63, 3.8) is 0 Å². The fourth-order valence-electron chi connectivity index (χ4n) is 4.46. The number of aliphatic hydroxyl groups excluding tert-OH is 1. The molecule has 156 valence electrons. The highest BCUT2D eigenvalue weighted by Crippen LogP contribution is 2.49. The lowest BCUT2D eigenvalue weighted by molar-refractivity contribution is -0.140. The quantitative estimate of drug-likeness (QED) is 0.644. The van der Waals surface area contributed by atoms with E-state index in [9.17, 15) is 19.5 Å². The van der Waals surface area contributed by atoms with E-state index >= 15 is 0 Å². The van der Waals surface area contributed by atoms with Gasteiger partial charge in [0.25, 0.3) is 5.91 Å². The van der Waals surface area contributed by atoms with Gasteiger partial charge in [-0.3, -0.25) is 14.4 Å². The number of rotatable bonds is 4. The molecule has 0 bridgehead atoms. The van der Waals surface area contributed by atoms with Crippen LogP contribution in [0.5, 0.6) is 0 Å². The van der Waals surface area contributed by atoms with Crippen LogP contribution in [-0.4, -0.2) is 38.5 Å². The number of aliphatic hydroxyl groups is 1. The fraction of sp³-hybridized carbons (Fsp3) is 0.318. The van der Waals surface area contributed by atoms with Gasteiger partial charge in [0.2, 0.25) is 5.78 Å². The smallest absolute Gasteiger partial charge is 0.325 e. The molecule has 1 spiro atoms. The average Bonchev–Trinajstić information content (AvgIpc) is 3.35. The molecule has 2 aliphatic rings. The van der Waals surface area contributed by atoms with Crippen LogP contribution in [-0.2, 0) is 15.1 Å². The van der Waals surface area contributed by atoms with Crippen LogP contribution in [0, 0.1) is 0 Å². The van der Waals surface area contributed by atoms with Gasteiger partial charge >= 0.3 is 5.97 Å². The number of carboxylic acid groups (broad SMARTS) is 1. The SMILES string of the molecule is C[C@@H](NC(=O)C1=C(O)C2(CCCC2)n2c(ccc2-c2ccc(Cl)cc2)C1=O)C(=O)O. The molecule has 0 unspecified atom stereocenters. The van der Waals surface area contributed by atoms with Crippen LogP contribution in [0.25, 0.3) is 11.3 Å². The fourth-order valence-corrected chi connectivity index (χ4v) is 4.58. The lowest BCUT2D eigenvalue weighted by Crippen LogP contribution is -2.46. The summed E-state index contributed by atoms with van der Waals surface area (Å²) in [5.41, 5.74) is 0.596. The minimum Gasteiger partial charge on any atom is -0.509 e. The highest BCUT2D eigenvalue weighted by molar-refractivity contribution is 6.30. The summed E-state index contributed by atoms with van der Waals surface area (Å²) >= 11 is 6.01. The maximum Gasteiger partial charge on any atom is 0.325 e. The van der Waals surface area contributed by atoms with Crippen molar-refractivity contribution in [2.75, 3.05) is 0 Å². The Labute approximate surface area is 178 Å². The molecule has 2 heterocycles. The number of nitrogens with zero attached hydrogens (tertiary/aromatic N) is 1. The molecule has 1 fully saturated rings. The number of fused-ring (bicyclic) bond motifs is 2. The Morgan fingerprint density at radius 1 is 1.10 bits per heavy atom. The molecule has 4 rings (SSSR count). The number of carbonyl (C=O) groups excluding carboxylic acids is 2. The summed E-state index contributed by atoms with van der Waals surface area (Å²) in [5.74, 6) is -3.02. The lowest BCUT2D eigenvalue weighted by atomic mass is 9.84. The van der Waals surface area contributed by atoms with Crippen molar-refractivity contribution in [2.24, 2.45) is 0 Å². The highest BCUT2D eigenvalue weighted by Gasteiger charge is 2.50. The van der Waals surface area contributed by atoms with E-state index in [0.717, 1.165) is 24.1 Å². The summed E-state index contributed by atoms with van der Waals surface area (Å²) in [6, 6.07) is 9.45. The third-order valence-electron chi connectivity index (χ3n) is 5.96. The van der Waals surface area contributed by atoms with E-state index in [1.54, 1.807) is 24.3 Å². The van der Waals surface area contributed by atoms with Crippen LogP contribution >= 0.6 is 11.6 Å². The molecule has 1 aromatic carbocycles. The van der Waals surface area contributed by atoms with E-state index in [2.05, 4.69) is 5.32 Å². The number of allylic oxidation sites excluding steroid dienone is 1. The van der Waals surface area contributed by atoms with E-state index in [1.165, 1.54) is 6.92 Å². The van der Waals surface area contributed by atoms with E-state index in [0.29, 0.717) is 23.6 Å². The van der Waals surface area contributed by atoms with Crippen molar-refractivity contribution < 1.29 is 24.6 Å². The number of hydrogen-bond donors (Lipinski definition) is 3. The Morgan fingerprint density at radius 3 is 2.30 bits per heavy atom. The van der Waals surface area contributed by atoms with E-state index in [-0.39, 0.29) is 11.3 Å². The average molecular weight is 429 g/mol. The third-order valence-corrected chi connectivity index (χ3v) is 6.21. The van der Waals surface area contributed by atoms with Gasteiger partial charge in [-0.2, -0.15) is 0 Å². The number of carbonyl (C=O) groups is 3. The third kappa shape index (κ3) is 3.01. The molecule has 2 aromatic rings. The minimum atomic E-state index is -1.23. The number of nitrogens with one attached hydrogen (secondary N) is 1. The molecule has 8 heteroatoms. The van der Waals surface area contributed by atoms with Crippen molar-refractivity contribution in [3.8, 4) is 11.3 Å². The van der Waals surface area contributed by atoms with Gasteiger partial charge < -0.3 is 20.1 Å². The van der Waals surface area contributed by atoms with Crippen molar-refractivity contribution >= 4 is 29.3 Å². The normalized spacial score (nSPS) is 18.4. The van der Waals surface area contributed by atoms with Crippen LogP contribution in [0.2, 0.25) is 5.02 Å². The standard InChI is InChI=1S/C22H21ClN2O5/c1-12(21(29)30)24-20(28)17-18(26)16-9-8-15(13-4-6-14(23)7-5-13)25(16)22(19(17)27)10-2-3-11-22/h4-9,12,27H,2-3,10-11H2,1H3,(H,24,28)(H,29,30)/t12-/m1/s1. The zero-order valence-corrected chi connectivity index (χ0v) is 17.1. The Hall–Kier alpha value is -3.06. The first kappa shape index (κ1) is 20.2. The number of amides is 1. The van der Waals surface area contributed by atoms with Crippen LogP contribution in [0.15, 0.2) is 47.7 Å². The molecule has 1 saturated carbocycles. The number of hydrogen-bond acceptors (Lipinski definition) is 4. The molecule has 3 N–H and O–H groups in total. The highest BCUT2D eigenvalue weighted by atomic mass is 35.5. The lowest BCUT2D eigenvalue weighted by Gasteiger charge is -2.38. The molecule has 1 aliphatic carbocycles. The first-order valence-corrected chi connectivity index (χ1v) is 10.1. The molecule has 1 aliphatic heterocycles. The van der Waals surface area contributed by atoms with Gasteiger partial charge in [-0.15, -0.1) is 0 Å². The molecule has 0 radical (unpaired) electrons. The number of aliphatic carboxylic acids is 1. The number of Topliss-reactive ketones (excluding diaryl/α,β-unsaturated/α-hetero) is 1. The Balaban J connectivity index is 1.86. The number of benzene rings is 1. The predicted octanol–water partition coefficient (Wildman–Crippen LogP) is 3.68. The van der Waals surface area contributed by atoms with Gasteiger partial charge in [-0.1, -0.05) is 36.6 Å². The molecule has 0 saturated heterocycles. The van der Waals surface area contributed by atoms with Crippen LogP contribution in [0.4, 0.5) is 0 Å². The second-order valence-electron chi connectivity index (χ2n) is 7.77. The molecule has 1 amide bonds. The summed E-state index contributed by atoms with van der Waals surface area (Å²) in [6.07, 6.45) is 2.80. The van der Waals surface area contributed by atoms with Crippen molar-refractivity contribution in [1.82, 2.24) is 9.88 Å². The van der Waals surface area contributed by atoms with Gasteiger partial charge in [-0.25, -0.2) is 0 Å². The molecule has 7 nitrogen and oxygen atoms in total. The minimum absolute atomic E-state index is 0.293. The van der Waals surface area contributed by atoms with E-state index in [1.807, 2.05) is 16.7 Å². The number of carboxylic acids is 1. The summed E-state index contributed by atoms with van der Waals surface area (Å²) < 4.78 is 1.83. The van der Waals surface area contributed by atoms with Crippen LogP contribution < -0.4 is 5.32 Å². The predicted molar refractivity (Wildman–Crippen MR) is 111 cm³/mol. The van der Waals surface area contributed by atoms with Crippen LogP contribution in [0.1, 0.15) is 43.1 Å². The van der Waals surface area contributed by atoms with E-state index in [4.69, 9.17) is 16.7 Å². The number of ketones is 1. The van der Waals surface area contributed by atoms with Gasteiger partial charge in [0, 0.05) is 10.7 Å². The summed E-state index contributed by atoms with van der Waals surface area (Å²) in [5, 5.41) is 23.2. The second kappa shape index (κ2) is 7.32. The number of halogens is 1. The Kier molecular flexibility index (Phi) is 4.94. The van der Waals surface area contributed by atoms with Gasteiger partial charge in [0.05, 0.1) is 5.69 Å². The van der Waals surface area contributed by atoms with Gasteiger partial charge in [-0.05, 0) is 49.6 Å². The van der Waals surface area contributed by atoms with Crippen molar-refractivity contribution in [1.29, 1.82) is 0 Å². The van der Waals surface area contributed by atoms with E-state index < -0.39 is 29.2 Å². The summed E-state index contributed by atoms with van der Waals surface area (Å²) in [6.45, 7) is 1.30. The zero-order chi connectivity index (χ0) is 21.6. The van der Waals surface area contributed by atoms with Crippen molar-refractivity contribution in [2.45, 2.75) is 44.2 Å². The van der Waals surface area contributed by atoms with Gasteiger partial charge in [0.1, 0.15) is 22.9 Å². The monoisotopic (exact) mass is 428 g/mol. The summed E-state index contributed by atoms with van der Waals surface area (Å²) in [4.78, 5) is 37.1. The molecule has 30 heavy (non-hydrogen) atoms. The Bertz CT molecular complexity index is 1080.